The number of rotatable bonds is 7. The molecule has 6 nitrogen and oxygen atoms in total. The van der Waals surface area contributed by atoms with Gasteiger partial charge in [0.25, 0.3) is 5.91 Å². The molecule has 0 atom stereocenters. The molecule has 1 saturated carbocycles. The van der Waals surface area contributed by atoms with E-state index in [-0.39, 0.29) is 16.2 Å². The Kier molecular flexibility index (Phi) is 6.59. The zero-order valence-corrected chi connectivity index (χ0v) is 17.7. The average molecular weight is 417 g/mol. The fourth-order valence-electron chi connectivity index (χ4n) is 4.00. The third kappa shape index (κ3) is 4.79. The minimum atomic E-state index is -3.51. The Morgan fingerprint density at radius 3 is 2.17 bits per heavy atom. The van der Waals surface area contributed by atoms with Gasteiger partial charge in [-0.05, 0) is 61.9 Å². The van der Waals surface area contributed by atoms with Gasteiger partial charge >= 0.3 is 0 Å². The smallest absolute Gasteiger partial charge is 0.251 e. The Morgan fingerprint density at radius 1 is 1.00 bits per heavy atom. The number of nitrogens with one attached hydrogen (secondary N) is 2. The standard InChI is InChI=1S/C22H28N2O4S/c1-23-29(26,27)20-12-6-17(7-13-20)21(25)24-16-22(14-4-3-5-15-22)18-8-10-19(28-2)11-9-18/h6-13,23H,3-5,14-16H2,1-2H3,(H,24,25). The summed E-state index contributed by atoms with van der Waals surface area (Å²) in [6, 6.07) is 14.1. The van der Waals surface area contributed by atoms with Gasteiger partial charge in [-0.2, -0.15) is 0 Å². The van der Waals surface area contributed by atoms with E-state index in [4.69, 9.17) is 4.74 Å². The van der Waals surface area contributed by atoms with E-state index < -0.39 is 10.0 Å². The van der Waals surface area contributed by atoms with E-state index in [9.17, 15) is 13.2 Å². The van der Waals surface area contributed by atoms with Gasteiger partial charge in [0, 0.05) is 17.5 Å². The molecule has 1 aliphatic carbocycles. The summed E-state index contributed by atoms with van der Waals surface area (Å²) in [5.74, 6) is 0.622. The van der Waals surface area contributed by atoms with Crippen LogP contribution in [0.4, 0.5) is 0 Å². The van der Waals surface area contributed by atoms with Crippen LogP contribution in [0.25, 0.3) is 0 Å². The van der Waals surface area contributed by atoms with E-state index >= 15 is 0 Å². The molecule has 2 N–H and O–H groups in total. The quantitative estimate of drug-likeness (QED) is 0.726. The van der Waals surface area contributed by atoms with Crippen molar-refractivity contribution in [2.24, 2.45) is 0 Å². The summed E-state index contributed by atoms with van der Waals surface area (Å²) in [7, 11) is -0.502. The highest BCUT2D eigenvalue weighted by Crippen LogP contribution is 2.39. The van der Waals surface area contributed by atoms with Crippen LogP contribution in [-0.2, 0) is 15.4 Å². The van der Waals surface area contributed by atoms with Crippen LogP contribution in [0.1, 0.15) is 48.0 Å². The van der Waals surface area contributed by atoms with Crippen molar-refractivity contribution in [2.75, 3.05) is 20.7 Å². The molecule has 0 saturated heterocycles. The molecule has 0 radical (unpaired) electrons. The molecule has 2 aromatic carbocycles. The molecule has 156 valence electrons. The molecule has 0 aliphatic heterocycles. The van der Waals surface area contributed by atoms with Crippen LogP contribution in [0.3, 0.4) is 0 Å². The largest absolute Gasteiger partial charge is 0.497 e. The van der Waals surface area contributed by atoms with Crippen LogP contribution in [0.15, 0.2) is 53.4 Å². The average Bonchev–Trinajstić information content (AvgIpc) is 2.78. The number of sulfonamides is 1. The number of carbonyl (C=O) groups is 1. The SMILES string of the molecule is CNS(=O)(=O)c1ccc(C(=O)NCC2(c3ccc(OC)cc3)CCCCC2)cc1. The second-order valence-corrected chi connectivity index (χ2v) is 9.37. The Labute approximate surface area is 172 Å². The predicted molar refractivity (Wildman–Crippen MR) is 113 cm³/mol. The lowest BCUT2D eigenvalue weighted by atomic mass is 9.69. The van der Waals surface area contributed by atoms with Crippen molar-refractivity contribution in [3.63, 3.8) is 0 Å². The lowest BCUT2D eigenvalue weighted by molar-refractivity contribution is 0.0936. The molecule has 29 heavy (non-hydrogen) atoms. The van der Waals surface area contributed by atoms with Crippen LogP contribution in [0, 0.1) is 0 Å². The van der Waals surface area contributed by atoms with Gasteiger partial charge in [-0.1, -0.05) is 31.4 Å². The molecule has 0 bridgehead atoms. The van der Waals surface area contributed by atoms with Crippen molar-refractivity contribution in [1.29, 1.82) is 0 Å². The molecule has 0 spiro atoms. The highest BCUT2D eigenvalue weighted by Gasteiger charge is 2.34. The maximum atomic E-state index is 12.7. The summed E-state index contributed by atoms with van der Waals surface area (Å²) in [5, 5.41) is 3.07. The maximum Gasteiger partial charge on any atom is 0.251 e. The molecule has 0 aromatic heterocycles. The van der Waals surface area contributed by atoms with Crippen molar-refractivity contribution < 1.29 is 17.9 Å². The number of amides is 1. The molecule has 7 heteroatoms. The second kappa shape index (κ2) is 8.97. The minimum absolute atomic E-state index is 0.0877. The minimum Gasteiger partial charge on any atom is -0.497 e. The molecule has 0 unspecified atom stereocenters. The van der Waals surface area contributed by atoms with Gasteiger partial charge in [-0.25, -0.2) is 13.1 Å². The second-order valence-electron chi connectivity index (χ2n) is 7.48. The first-order valence-electron chi connectivity index (χ1n) is 9.87. The first kappa shape index (κ1) is 21.3. The molecule has 1 aliphatic rings. The fraction of sp³-hybridized carbons (Fsp3) is 0.409. The van der Waals surface area contributed by atoms with Crippen molar-refractivity contribution in [3.8, 4) is 5.75 Å². The molecular weight excluding hydrogens is 388 g/mol. The lowest BCUT2D eigenvalue weighted by Gasteiger charge is -2.38. The predicted octanol–water partition coefficient (Wildman–Crippen LogP) is 3.24. The highest BCUT2D eigenvalue weighted by molar-refractivity contribution is 7.89. The molecular formula is C22H28N2O4S. The van der Waals surface area contributed by atoms with Gasteiger partial charge < -0.3 is 10.1 Å². The van der Waals surface area contributed by atoms with Gasteiger partial charge in [0.2, 0.25) is 10.0 Å². The maximum absolute atomic E-state index is 12.7. The number of hydrogen-bond donors (Lipinski definition) is 2. The van der Waals surface area contributed by atoms with Crippen LogP contribution >= 0.6 is 0 Å². The first-order chi connectivity index (χ1) is 13.9. The lowest BCUT2D eigenvalue weighted by Crippen LogP contribution is -2.42. The fourth-order valence-corrected chi connectivity index (χ4v) is 4.73. The molecule has 1 fully saturated rings. The summed E-state index contributed by atoms with van der Waals surface area (Å²) >= 11 is 0. The molecule has 2 aromatic rings. The number of ether oxygens (including phenoxy) is 1. The van der Waals surface area contributed by atoms with E-state index in [0.717, 1.165) is 31.4 Å². The Hall–Kier alpha value is -2.38. The highest BCUT2D eigenvalue weighted by atomic mass is 32.2. The Morgan fingerprint density at radius 2 is 1.62 bits per heavy atom. The summed E-state index contributed by atoms with van der Waals surface area (Å²) in [6.07, 6.45) is 5.54. The van der Waals surface area contributed by atoms with Gasteiger partial charge in [0.05, 0.1) is 12.0 Å². The van der Waals surface area contributed by atoms with Crippen LogP contribution in [0.5, 0.6) is 5.75 Å². The van der Waals surface area contributed by atoms with E-state index in [0.29, 0.717) is 12.1 Å². The van der Waals surface area contributed by atoms with Gasteiger partial charge in [0.15, 0.2) is 0 Å². The van der Waals surface area contributed by atoms with E-state index in [1.165, 1.54) is 31.2 Å². The summed E-state index contributed by atoms with van der Waals surface area (Å²) < 4.78 is 31.2. The Bertz CT molecular complexity index is 932. The van der Waals surface area contributed by atoms with E-state index in [1.807, 2.05) is 12.1 Å². The van der Waals surface area contributed by atoms with Crippen molar-refractivity contribution in [2.45, 2.75) is 42.4 Å². The van der Waals surface area contributed by atoms with Gasteiger partial charge in [-0.3, -0.25) is 4.79 Å². The monoisotopic (exact) mass is 416 g/mol. The summed E-state index contributed by atoms with van der Waals surface area (Å²) in [5.41, 5.74) is 1.57. The van der Waals surface area contributed by atoms with Gasteiger partial charge in [0.1, 0.15) is 5.75 Å². The van der Waals surface area contributed by atoms with E-state index in [1.54, 1.807) is 19.2 Å². The van der Waals surface area contributed by atoms with Crippen LogP contribution < -0.4 is 14.8 Å². The van der Waals surface area contributed by atoms with Crippen molar-refractivity contribution in [1.82, 2.24) is 10.0 Å². The van der Waals surface area contributed by atoms with Crippen molar-refractivity contribution in [3.05, 3.63) is 59.7 Å². The molecule has 3 rings (SSSR count). The normalized spacial score (nSPS) is 16.2. The first-order valence-corrected chi connectivity index (χ1v) is 11.3. The summed E-state index contributed by atoms with van der Waals surface area (Å²) in [6.45, 7) is 0.550. The zero-order valence-electron chi connectivity index (χ0n) is 16.9. The topological polar surface area (TPSA) is 84.5 Å². The molecule has 1 amide bonds. The number of carbonyl (C=O) groups excluding carboxylic acids is 1. The molecule has 0 heterocycles. The number of methoxy groups -OCH3 is 1. The van der Waals surface area contributed by atoms with E-state index in [2.05, 4.69) is 22.2 Å². The third-order valence-corrected chi connectivity index (χ3v) is 7.23. The zero-order chi connectivity index (χ0) is 20.9. The summed E-state index contributed by atoms with van der Waals surface area (Å²) in [4.78, 5) is 12.8. The Balaban J connectivity index is 1.74. The van der Waals surface area contributed by atoms with Gasteiger partial charge in [-0.15, -0.1) is 0 Å². The van der Waals surface area contributed by atoms with Crippen LogP contribution in [-0.4, -0.2) is 35.0 Å². The van der Waals surface area contributed by atoms with Crippen molar-refractivity contribution >= 4 is 15.9 Å². The number of hydrogen-bond acceptors (Lipinski definition) is 4. The van der Waals surface area contributed by atoms with Crippen LogP contribution in [0.2, 0.25) is 0 Å². The third-order valence-electron chi connectivity index (χ3n) is 5.80. The number of benzene rings is 2.